The summed E-state index contributed by atoms with van der Waals surface area (Å²) in [6.45, 7) is 21.6. The van der Waals surface area contributed by atoms with E-state index in [1.807, 2.05) is 39.0 Å². The zero-order valence-corrected chi connectivity index (χ0v) is 35.8. The number of benzene rings is 3. The Balaban J connectivity index is 0.000000389. The molecule has 5 aromatic rings. The van der Waals surface area contributed by atoms with Crippen molar-refractivity contribution in [2.45, 2.75) is 107 Å². The molecule has 0 atom stereocenters. The molecule has 4 nitrogen and oxygen atoms in total. The smallest absolute Gasteiger partial charge is 0.162 e. The topological polar surface area (TPSA) is 74.0 Å². The first-order valence-electron chi connectivity index (χ1n) is 18.5. The minimum absolute atomic E-state index is 0. The van der Waals surface area contributed by atoms with Crippen molar-refractivity contribution in [2.24, 2.45) is 17.3 Å². The molecule has 2 heterocycles. The van der Waals surface area contributed by atoms with Gasteiger partial charge in [0.1, 0.15) is 6.07 Å². The van der Waals surface area contributed by atoms with E-state index in [0.717, 1.165) is 59.9 Å². The van der Waals surface area contributed by atoms with Crippen molar-refractivity contribution in [3.63, 3.8) is 0 Å². The van der Waals surface area contributed by atoms with E-state index in [9.17, 15) is 15.2 Å². The van der Waals surface area contributed by atoms with Crippen LogP contribution < -0.4 is 0 Å². The molecule has 0 saturated heterocycles. The molecular weight excluding hydrogens is 837 g/mol. The van der Waals surface area contributed by atoms with E-state index < -0.39 is 0 Å². The monoisotopic (exact) mass is 892 g/mol. The molecule has 0 amide bonds. The van der Waals surface area contributed by atoms with Crippen molar-refractivity contribution in [1.29, 1.82) is 5.26 Å². The molecule has 0 fully saturated rings. The van der Waals surface area contributed by atoms with Crippen molar-refractivity contribution in [2.75, 3.05) is 0 Å². The van der Waals surface area contributed by atoms with Gasteiger partial charge in [0, 0.05) is 59.5 Å². The summed E-state index contributed by atoms with van der Waals surface area (Å²) < 4.78 is 1.25. The fraction of sp³-hybridized carbons (Fsp3) is 0.413. The quantitative estimate of drug-likeness (QED) is 0.0861. The zero-order chi connectivity index (χ0) is 37.5. The van der Waals surface area contributed by atoms with Crippen LogP contribution in [0.15, 0.2) is 78.7 Å². The first kappa shape index (κ1) is 42.8. The SMILES string of the molecule is CC(C)(C)Cc1cc2ccc(-c3cc(-c4[c-]c5ccccc5c(C(C)(C)C)c4)ncc3C#N)cc2s1.CCC(CC)C(=O)/C=C(\O)C(CC)CC.[Ir]. The Bertz CT molecular complexity index is 2050. The van der Waals surface area contributed by atoms with E-state index in [1.54, 1.807) is 6.20 Å². The van der Waals surface area contributed by atoms with Gasteiger partial charge in [0.2, 0.25) is 0 Å². The molecule has 6 heteroatoms. The number of fused-ring (bicyclic) bond motifs is 2. The van der Waals surface area contributed by atoms with Crippen molar-refractivity contribution < 1.29 is 30.0 Å². The number of aromatic nitrogens is 1. The molecular formula is C46H55IrN2O2S-. The maximum Gasteiger partial charge on any atom is 0.162 e. The predicted molar refractivity (Wildman–Crippen MR) is 217 cm³/mol. The van der Waals surface area contributed by atoms with Crippen LogP contribution in [0.3, 0.4) is 0 Å². The molecule has 1 radical (unpaired) electrons. The second kappa shape index (κ2) is 18.4. The van der Waals surface area contributed by atoms with Gasteiger partial charge in [-0.3, -0.25) is 9.78 Å². The number of hydrogen-bond donors (Lipinski definition) is 1. The first-order valence-corrected chi connectivity index (χ1v) is 19.3. The molecule has 52 heavy (non-hydrogen) atoms. The molecule has 0 aliphatic heterocycles. The van der Waals surface area contributed by atoms with Crippen LogP contribution in [0.2, 0.25) is 0 Å². The average Bonchev–Trinajstić information content (AvgIpc) is 3.48. The van der Waals surface area contributed by atoms with E-state index in [4.69, 9.17) is 4.98 Å². The number of carbonyl (C=O) groups excluding carboxylic acids is 1. The van der Waals surface area contributed by atoms with Gasteiger partial charge in [-0.25, -0.2) is 0 Å². The van der Waals surface area contributed by atoms with E-state index >= 15 is 0 Å². The minimum Gasteiger partial charge on any atom is -0.512 e. The summed E-state index contributed by atoms with van der Waals surface area (Å²) in [5.41, 5.74) is 5.83. The third-order valence-electron chi connectivity index (χ3n) is 9.55. The van der Waals surface area contributed by atoms with E-state index in [0.29, 0.717) is 5.56 Å². The molecule has 0 unspecified atom stereocenters. The second-order valence-electron chi connectivity index (χ2n) is 15.8. The number of aliphatic hydroxyl groups excluding tert-OH is 1. The normalized spacial score (nSPS) is 12.1. The summed E-state index contributed by atoms with van der Waals surface area (Å²) in [4.78, 5) is 17.8. The third-order valence-corrected chi connectivity index (χ3v) is 10.7. The second-order valence-corrected chi connectivity index (χ2v) is 17.0. The number of carbonyl (C=O) groups is 1. The van der Waals surface area contributed by atoms with Gasteiger partial charge in [0.05, 0.1) is 11.3 Å². The van der Waals surface area contributed by atoms with Gasteiger partial charge in [-0.1, -0.05) is 117 Å². The van der Waals surface area contributed by atoms with Crippen molar-refractivity contribution in [3.8, 4) is 28.5 Å². The number of hydrogen-bond acceptors (Lipinski definition) is 5. The van der Waals surface area contributed by atoms with Gasteiger partial charge in [-0.15, -0.1) is 40.5 Å². The number of nitrogens with zero attached hydrogens (tertiary/aromatic N) is 2. The predicted octanol–water partition coefficient (Wildman–Crippen LogP) is 13.2. The first-order chi connectivity index (χ1) is 24.1. The van der Waals surface area contributed by atoms with Crippen LogP contribution in [-0.4, -0.2) is 15.9 Å². The minimum atomic E-state index is -0.0200. The molecule has 0 bridgehead atoms. The number of rotatable bonds is 10. The number of allylic oxidation sites excluding steroid dienone is 2. The standard InChI is InChI=1S/C33H31N2S.C13H24O2.Ir/c1-32(2,3)18-26-14-23-12-11-22(16-31(23)36-26)28-17-30(35-20-25(28)19-34)24-13-21-9-7-8-10-27(21)29(15-24)33(4,5)6;1-5-10(6-2)12(14)9-13(15)11(7-3)8-4;/h7-12,14-17,20H,18H2,1-6H3;9-11,14H,5-8H2,1-4H3;/q-1;;/b;12-9-;. The Hall–Kier alpha value is -3.62. The number of pyridine rings is 1. The van der Waals surface area contributed by atoms with Crippen LogP contribution in [0.4, 0.5) is 0 Å². The molecule has 5 rings (SSSR count). The number of ketones is 1. The summed E-state index contributed by atoms with van der Waals surface area (Å²) in [7, 11) is 0. The maximum atomic E-state index is 11.7. The van der Waals surface area contributed by atoms with Crippen LogP contribution in [0.1, 0.15) is 111 Å². The van der Waals surface area contributed by atoms with Gasteiger partial charge in [0.15, 0.2) is 5.78 Å². The van der Waals surface area contributed by atoms with Gasteiger partial charge in [-0.05, 0) is 71.6 Å². The van der Waals surface area contributed by atoms with Crippen molar-refractivity contribution in [1.82, 2.24) is 4.98 Å². The summed E-state index contributed by atoms with van der Waals surface area (Å²) in [5.74, 6) is 0.547. The molecule has 0 aliphatic carbocycles. The van der Waals surface area contributed by atoms with Gasteiger partial charge < -0.3 is 5.11 Å². The fourth-order valence-corrected chi connectivity index (χ4v) is 7.97. The van der Waals surface area contributed by atoms with Gasteiger partial charge >= 0.3 is 0 Å². The van der Waals surface area contributed by atoms with Gasteiger partial charge in [-0.2, -0.15) is 5.26 Å². The van der Waals surface area contributed by atoms with Crippen LogP contribution in [0.25, 0.3) is 43.2 Å². The molecule has 1 N–H and O–H groups in total. The summed E-state index contributed by atoms with van der Waals surface area (Å²) in [5, 5.41) is 23.2. The maximum absolute atomic E-state index is 11.7. The summed E-state index contributed by atoms with van der Waals surface area (Å²) in [6, 6.07) is 27.4. The largest absolute Gasteiger partial charge is 0.512 e. The van der Waals surface area contributed by atoms with E-state index in [-0.39, 0.29) is 54.3 Å². The molecule has 277 valence electrons. The molecule has 2 aromatic heterocycles. The summed E-state index contributed by atoms with van der Waals surface area (Å²) >= 11 is 1.85. The Kier molecular flexibility index (Phi) is 15.2. The molecule has 0 aliphatic rings. The number of thiophene rings is 1. The Morgan fingerprint density at radius 1 is 0.923 bits per heavy atom. The third kappa shape index (κ3) is 10.7. The number of aliphatic hydroxyl groups is 1. The summed E-state index contributed by atoms with van der Waals surface area (Å²) in [6.07, 6.45) is 7.66. The van der Waals surface area contributed by atoms with Crippen LogP contribution >= 0.6 is 11.3 Å². The molecule has 3 aromatic carbocycles. The number of nitriles is 1. The fourth-order valence-electron chi connectivity index (χ4n) is 6.56. The molecule has 0 spiro atoms. The zero-order valence-electron chi connectivity index (χ0n) is 32.6. The van der Waals surface area contributed by atoms with Crippen molar-refractivity contribution in [3.05, 3.63) is 101 Å². The Morgan fingerprint density at radius 3 is 2.17 bits per heavy atom. The van der Waals surface area contributed by atoms with Crippen LogP contribution in [0, 0.1) is 34.6 Å². The van der Waals surface area contributed by atoms with E-state index in [2.05, 4.69) is 114 Å². The van der Waals surface area contributed by atoms with Crippen LogP contribution in [-0.2, 0) is 36.7 Å². The Morgan fingerprint density at radius 2 is 1.58 bits per heavy atom. The van der Waals surface area contributed by atoms with E-state index in [1.165, 1.54) is 32.0 Å². The van der Waals surface area contributed by atoms with Crippen molar-refractivity contribution >= 4 is 38.0 Å². The van der Waals surface area contributed by atoms with Crippen LogP contribution in [0.5, 0.6) is 0 Å². The molecule has 0 saturated carbocycles. The van der Waals surface area contributed by atoms with Gasteiger partial charge in [0.25, 0.3) is 0 Å². The Labute approximate surface area is 329 Å². The average molecular weight is 892 g/mol.